The summed E-state index contributed by atoms with van der Waals surface area (Å²) in [6.45, 7) is 0. The molecule has 0 atom stereocenters. The Balaban J connectivity index is 0. The zero-order valence-corrected chi connectivity index (χ0v) is 17.0. The summed E-state index contributed by atoms with van der Waals surface area (Å²) in [5.74, 6) is -52.1. The Bertz CT molecular complexity index is 656. The van der Waals surface area contributed by atoms with E-state index in [-0.39, 0.29) is 24.0 Å². The van der Waals surface area contributed by atoms with Crippen molar-refractivity contribution < 1.29 is 104 Å². The Morgan fingerprint density at radius 2 is 0.903 bits per heavy atom. The van der Waals surface area contributed by atoms with Crippen LogP contribution in [0, 0.1) is 0 Å². The van der Waals surface area contributed by atoms with E-state index in [0.29, 0.717) is 0 Å². The molecule has 20 heteroatoms. The highest BCUT2D eigenvalue weighted by Crippen LogP contribution is 2.62. The van der Waals surface area contributed by atoms with Gasteiger partial charge in [-0.05, 0) is 0 Å². The van der Waals surface area contributed by atoms with Crippen molar-refractivity contribution in [2.24, 2.45) is 0 Å². The molecule has 0 amide bonds. The lowest BCUT2D eigenvalue weighted by Gasteiger charge is -2.40. The fourth-order valence-corrected chi connectivity index (χ4v) is 1.34. The zero-order chi connectivity index (χ0) is 25.0. The van der Waals surface area contributed by atoms with Gasteiger partial charge in [-0.3, -0.25) is 0 Å². The van der Waals surface area contributed by atoms with Crippen molar-refractivity contribution in [1.82, 2.24) is 5.59 Å². The molecule has 0 aromatic heterocycles. The molecule has 0 heterocycles. The van der Waals surface area contributed by atoms with E-state index in [4.69, 9.17) is 0 Å². The number of carbonyl (C=O) groups is 1. The Labute approximate surface area is 179 Å². The van der Waals surface area contributed by atoms with Gasteiger partial charge in [-0.2, -0.15) is 65.9 Å². The maximum Gasteiger partial charge on any atom is 0.460 e. The van der Waals surface area contributed by atoms with Gasteiger partial charge in [-0.1, -0.05) is 0 Å². The van der Waals surface area contributed by atoms with Crippen molar-refractivity contribution in [1.29, 1.82) is 0 Å². The minimum atomic E-state index is -8.46. The first kappa shape index (κ1) is 32.3. The predicted molar refractivity (Wildman–Crippen MR) is 63.0 cm³/mol. The summed E-state index contributed by atoms with van der Waals surface area (Å²) in [6, 6.07) is 0. The standard InChI is InChI=1S/C11H10F15N2O2.HI/c1-28(2,3)27-30-4(29)5(12,13)6(14,15)7(16,17)8(18,19)9(20,21)10(22,23)11(24,25)26;/h27H,1-3H3;1H/q+1;/p-1. The summed E-state index contributed by atoms with van der Waals surface area (Å²) < 4.78 is 193. The maximum atomic E-state index is 13.4. The number of nitrogens with zero attached hydrogens (tertiary/aromatic N) is 1. The molecule has 31 heavy (non-hydrogen) atoms. The Hall–Kier alpha value is -0.930. The minimum absolute atomic E-state index is 0. The molecule has 0 aromatic rings. The second-order valence-corrected chi connectivity index (χ2v) is 6.44. The van der Waals surface area contributed by atoms with Crippen LogP contribution in [0.15, 0.2) is 0 Å². The van der Waals surface area contributed by atoms with Gasteiger partial charge in [0, 0.05) is 5.59 Å². The predicted octanol–water partition coefficient (Wildman–Crippen LogP) is 1.03. The van der Waals surface area contributed by atoms with E-state index in [1.165, 1.54) is 5.59 Å². The van der Waals surface area contributed by atoms with Crippen LogP contribution in [0.25, 0.3) is 0 Å². The highest BCUT2D eigenvalue weighted by Gasteiger charge is 2.94. The number of alkyl halides is 15. The Kier molecular flexibility index (Phi) is 8.79. The molecule has 0 unspecified atom stereocenters. The molecular weight excluding hydrogens is 604 g/mol. The molecule has 188 valence electrons. The van der Waals surface area contributed by atoms with E-state index in [0.717, 1.165) is 21.1 Å². The summed E-state index contributed by atoms with van der Waals surface area (Å²) in [6.07, 6.45) is -7.69. The molecule has 0 fully saturated rings. The molecule has 0 radical (unpaired) electrons. The van der Waals surface area contributed by atoms with Crippen LogP contribution < -0.4 is 29.6 Å². The summed E-state index contributed by atoms with van der Waals surface area (Å²) in [4.78, 5) is 14.2. The fraction of sp³-hybridized carbons (Fsp3) is 0.909. The van der Waals surface area contributed by atoms with E-state index in [2.05, 4.69) is 4.84 Å². The molecule has 0 aliphatic heterocycles. The molecule has 0 aliphatic carbocycles. The van der Waals surface area contributed by atoms with Crippen molar-refractivity contribution in [3.63, 3.8) is 0 Å². The summed E-state index contributed by atoms with van der Waals surface area (Å²) >= 11 is 0. The average Bonchev–Trinajstić information content (AvgIpc) is 2.49. The van der Waals surface area contributed by atoms with Crippen LogP contribution in [0.1, 0.15) is 0 Å². The first-order valence-electron chi connectivity index (χ1n) is 6.76. The highest BCUT2D eigenvalue weighted by atomic mass is 127. The SMILES string of the molecule is C[N+](C)(C)NOC(=O)C(F)(F)C(F)(F)C(F)(F)C(F)(F)C(F)(F)C(F)(F)C(F)(F)F.[I-]. The van der Waals surface area contributed by atoms with Crippen molar-refractivity contribution >= 4 is 5.97 Å². The van der Waals surface area contributed by atoms with Crippen LogP contribution in [-0.2, 0) is 9.63 Å². The molecule has 0 saturated carbocycles. The lowest BCUT2D eigenvalue weighted by atomic mass is 9.91. The van der Waals surface area contributed by atoms with Gasteiger partial charge in [0.1, 0.15) is 0 Å². The molecular formula is C11H10F15IN2O2. The van der Waals surface area contributed by atoms with E-state index in [1.54, 1.807) is 0 Å². The largest absolute Gasteiger partial charge is 1.00 e. The van der Waals surface area contributed by atoms with Crippen molar-refractivity contribution in [2.45, 2.75) is 41.7 Å². The first-order chi connectivity index (χ1) is 12.6. The minimum Gasteiger partial charge on any atom is -1.00 e. The molecule has 1 N–H and O–H groups in total. The van der Waals surface area contributed by atoms with E-state index in [1.807, 2.05) is 0 Å². The van der Waals surface area contributed by atoms with E-state index in [9.17, 15) is 70.7 Å². The van der Waals surface area contributed by atoms with Crippen LogP contribution >= 0.6 is 0 Å². The number of quaternary nitrogens is 1. The number of hydrogen-bond donors (Lipinski definition) is 1. The smallest absolute Gasteiger partial charge is 0.460 e. The Morgan fingerprint density at radius 3 is 1.19 bits per heavy atom. The fourth-order valence-electron chi connectivity index (χ4n) is 1.34. The topological polar surface area (TPSA) is 38.3 Å². The second kappa shape index (κ2) is 8.45. The third kappa shape index (κ3) is 5.03. The number of carbonyl (C=O) groups excluding carboxylic acids is 1. The Morgan fingerprint density at radius 1 is 0.613 bits per heavy atom. The molecule has 0 aromatic carbocycles. The number of rotatable bonds is 8. The van der Waals surface area contributed by atoms with Crippen LogP contribution in [0.2, 0.25) is 0 Å². The lowest BCUT2D eigenvalue weighted by molar-refractivity contribution is -0.940. The quantitative estimate of drug-likeness (QED) is 0.193. The van der Waals surface area contributed by atoms with Gasteiger partial charge in [-0.25, -0.2) is 9.39 Å². The molecule has 0 bridgehead atoms. The van der Waals surface area contributed by atoms with Crippen molar-refractivity contribution in [3.8, 4) is 0 Å². The van der Waals surface area contributed by atoms with Crippen LogP contribution in [0.3, 0.4) is 0 Å². The summed E-state index contributed by atoms with van der Waals surface area (Å²) in [5.41, 5.74) is 1.19. The zero-order valence-electron chi connectivity index (χ0n) is 14.8. The molecule has 0 rings (SSSR count). The second-order valence-electron chi connectivity index (χ2n) is 6.44. The lowest BCUT2D eigenvalue weighted by Crippen LogP contribution is -3.00. The van der Waals surface area contributed by atoms with E-state index < -0.39 is 52.3 Å². The van der Waals surface area contributed by atoms with Crippen molar-refractivity contribution in [2.75, 3.05) is 21.1 Å². The van der Waals surface area contributed by atoms with Crippen molar-refractivity contribution in [3.05, 3.63) is 0 Å². The monoisotopic (exact) mass is 614 g/mol. The van der Waals surface area contributed by atoms with Gasteiger partial charge in [0.05, 0.1) is 21.1 Å². The number of halogens is 16. The molecule has 4 nitrogen and oxygen atoms in total. The normalized spacial score (nSPS) is 15.4. The maximum absolute atomic E-state index is 13.4. The van der Waals surface area contributed by atoms with Crippen LogP contribution in [-0.4, -0.2) is 73.4 Å². The summed E-state index contributed by atoms with van der Waals surface area (Å²) in [5, 5.41) is 0. The summed E-state index contributed by atoms with van der Waals surface area (Å²) in [7, 11) is 2.81. The van der Waals surface area contributed by atoms with Gasteiger partial charge in [0.25, 0.3) is 0 Å². The van der Waals surface area contributed by atoms with Crippen LogP contribution in [0.4, 0.5) is 65.9 Å². The van der Waals surface area contributed by atoms with Gasteiger partial charge in [-0.15, -0.1) is 0 Å². The third-order valence-electron chi connectivity index (χ3n) is 3.00. The van der Waals surface area contributed by atoms with Gasteiger partial charge in [0.15, 0.2) is 0 Å². The number of hydrogen-bond acceptors (Lipinski definition) is 3. The molecule has 0 spiro atoms. The third-order valence-corrected chi connectivity index (χ3v) is 3.00. The first-order valence-corrected chi connectivity index (χ1v) is 6.76. The highest BCUT2D eigenvalue weighted by molar-refractivity contribution is 5.79. The van der Waals surface area contributed by atoms with Gasteiger partial charge in [0.2, 0.25) is 0 Å². The van der Waals surface area contributed by atoms with Crippen LogP contribution in [0.5, 0.6) is 0 Å². The van der Waals surface area contributed by atoms with Gasteiger partial charge < -0.3 is 28.8 Å². The average molecular weight is 614 g/mol. The van der Waals surface area contributed by atoms with E-state index >= 15 is 0 Å². The molecule has 0 aliphatic rings. The number of nitrogens with one attached hydrogen (secondary N) is 1. The molecule has 0 saturated heterocycles. The van der Waals surface area contributed by atoms with Gasteiger partial charge >= 0.3 is 47.7 Å².